The Labute approximate surface area is 121 Å². The maximum Gasteiger partial charge on any atom is 0.240 e. The summed E-state index contributed by atoms with van der Waals surface area (Å²) in [6, 6.07) is 7.92. The number of sulfonamides is 1. The maximum atomic E-state index is 12.3. The van der Waals surface area contributed by atoms with E-state index in [1.165, 1.54) is 12.8 Å². The van der Waals surface area contributed by atoms with E-state index in [9.17, 15) is 8.42 Å². The summed E-state index contributed by atoms with van der Waals surface area (Å²) in [7, 11) is -3.37. The fraction of sp³-hybridized carbons (Fsp3) is 0.600. The molecule has 0 aromatic heterocycles. The van der Waals surface area contributed by atoms with Gasteiger partial charge in [-0.1, -0.05) is 18.2 Å². The Kier molecular flexibility index (Phi) is 3.84. The predicted molar refractivity (Wildman–Crippen MR) is 79.1 cm³/mol. The van der Waals surface area contributed by atoms with Crippen molar-refractivity contribution in [2.45, 2.75) is 37.1 Å². The van der Waals surface area contributed by atoms with Crippen LogP contribution in [0.3, 0.4) is 0 Å². The molecule has 2 fully saturated rings. The van der Waals surface area contributed by atoms with Gasteiger partial charge in [0.05, 0.1) is 4.90 Å². The Balaban J connectivity index is 1.59. The summed E-state index contributed by atoms with van der Waals surface area (Å²) in [5, 5.41) is 0. The molecule has 110 valence electrons. The molecular weight excluding hydrogens is 272 g/mol. The van der Waals surface area contributed by atoms with Crippen molar-refractivity contribution in [3.63, 3.8) is 0 Å². The monoisotopic (exact) mass is 294 g/mol. The molecule has 1 N–H and O–H groups in total. The summed E-state index contributed by atoms with van der Waals surface area (Å²) in [5.41, 5.74) is 0.797. The zero-order chi connectivity index (χ0) is 14.2. The largest absolute Gasteiger partial charge is 0.300 e. The van der Waals surface area contributed by atoms with Gasteiger partial charge in [0, 0.05) is 19.1 Å². The number of aryl methyl sites for hydroxylation is 1. The van der Waals surface area contributed by atoms with Crippen molar-refractivity contribution >= 4 is 10.0 Å². The molecule has 1 aromatic carbocycles. The van der Waals surface area contributed by atoms with Gasteiger partial charge >= 0.3 is 0 Å². The molecule has 0 bridgehead atoms. The lowest BCUT2D eigenvalue weighted by atomic mass is 10.1. The van der Waals surface area contributed by atoms with Crippen molar-refractivity contribution in [2.75, 3.05) is 19.6 Å². The molecule has 20 heavy (non-hydrogen) atoms. The van der Waals surface area contributed by atoms with Gasteiger partial charge in [0.1, 0.15) is 0 Å². The normalized spacial score (nSPS) is 24.1. The first-order valence-corrected chi connectivity index (χ1v) is 8.84. The first-order chi connectivity index (χ1) is 9.56. The van der Waals surface area contributed by atoms with Crippen molar-refractivity contribution in [3.05, 3.63) is 29.8 Å². The van der Waals surface area contributed by atoms with Crippen LogP contribution in [0, 0.1) is 12.8 Å². The van der Waals surface area contributed by atoms with Gasteiger partial charge in [-0.05, 0) is 50.3 Å². The van der Waals surface area contributed by atoms with Crippen LogP contribution in [-0.2, 0) is 10.0 Å². The van der Waals surface area contributed by atoms with Gasteiger partial charge in [0.25, 0.3) is 0 Å². The lowest BCUT2D eigenvalue weighted by molar-refractivity contribution is 0.314. The Morgan fingerprint density at radius 1 is 1.25 bits per heavy atom. The number of nitrogens with zero attached hydrogens (tertiary/aromatic N) is 1. The van der Waals surface area contributed by atoms with E-state index in [1.54, 1.807) is 12.1 Å². The molecule has 1 saturated heterocycles. The molecule has 3 rings (SSSR count). The summed E-state index contributed by atoms with van der Waals surface area (Å²) in [6.45, 7) is 4.56. The lowest BCUT2D eigenvalue weighted by Crippen LogP contribution is -2.31. The summed E-state index contributed by atoms with van der Waals surface area (Å²) < 4.78 is 27.4. The molecule has 1 atom stereocenters. The number of benzene rings is 1. The van der Waals surface area contributed by atoms with E-state index in [2.05, 4.69) is 9.62 Å². The zero-order valence-corrected chi connectivity index (χ0v) is 12.7. The highest BCUT2D eigenvalue weighted by Crippen LogP contribution is 2.31. The second-order valence-electron chi connectivity index (χ2n) is 6.00. The Hall–Kier alpha value is -0.910. The number of hydrogen-bond donors (Lipinski definition) is 1. The molecule has 5 heteroatoms. The Morgan fingerprint density at radius 2 is 2.00 bits per heavy atom. The standard InChI is InChI=1S/C15H22N2O2S/c1-12-4-2-3-5-15(12)20(18,19)16-10-13-8-9-17(11-13)14-6-7-14/h2-5,13-14,16H,6-11H2,1H3. The van der Waals surface area contributed by atoms with Gasteiger partial charge in [-0.15, -0.1) is 0 Å². The minimum atomic E-state index is -3.37. The molecule has 1 aromatic rings. The number of hydrogen-bond acceptors (Lipinski definition) is 3. The van der Waals surface area contributed by atoms with Crippen LogP contribution in [0.2, 0.25) is 0 Å². The highest BCUT2D eigenvalue weighted by atomic mass is 32.2. The summed E-state index contributed by atoms with van der Waals surface area (Å²) >= 11 is 0. The van der Waals surface area contributed by atoms with E-state index in [0.29, 0.717) is 17.4 Å². The van der Waals surface area contributed by atoms with Crippen LogP contribution in [0.25, 0.3) is 0 Å². The van der Waals surface area contributed by atoms with E-state index in [-0.39, 0.29) is 0 Å². The fourth-order valence-electron chi connectivity index (χ4n) is 2.96. The molecule has 1 aliphatic carbocycles. The average molecular weight is 294 g/mol. The number of nitrogens with one attached hydrogen (secondary N) is 1. The van der Waals surface area contributed by atoms with Crippen LogP contribution in [0.15, 0.2) is 29.2 Å². The molecule has 1 unspecified atom stereocenters. The van der Waals surface area contributed by atoms with Crippen LogP contribution in [0.1, 0.15) is 24.8 Å². The summed E-state index contributed by atoms with van der Waals surface area (Å²) in [6.07, 6.45) is 3.75. The van der Waals surface area contributed by atoms with E-state index in [1.807, 2.05) is 19.1 Å². The van der Waals surface area contributed by atoms with Crippen molar-refractivity contribution in [3.8, 4) is 0 Å². The highest BCUT2D eigenvalue weighted by molar-refractivity contribution is 7.89. The van der Waals surface area contributed by atoms with Gasteiger partial charge < -0.3 is 4.90 Å². The zero-order valence-electron chi connectivity index (χ0n) is 11.9. The Morgan fingerprint density at radius 3 is 2.70 bits per heavy atom. The minimum Gasteiger partial charge on any atom is -0.300 e. The van der Waals surface area contributed by atoms with Crippen LogP contribution >= 0.6 is 0 Å². The molecule has 1 aliphatic heterocycles. The highest BCUT2D eigenvalue weighted by Gasteiger charge is 2.34. The van der Waals surface area contributed by atoms with Crippen molar-refractivity contribution in [2.24, 2.45) is 5.92 Å². The second kappa shape index (κ2) is 5.47. The molecular formula is C15H22N2O2S. The third-order valence-electron chi connectivity index (χ3n) is 4.33. The van der Waals surface area contributed by atoms with Gasteiger partial charge in [-0.2, -0.15) is 0 Å². The molecule has 0 amide bonds. The van der Waals surface area contributed by atoms with Crippen LogP contribution in [0.4, 0.5) is 0 Å². The maximum absolute atomic E-state index is 12.3. The van der Waals surface area contributed by atoms with E-state index >= 15 is 0 Å². The first-order valence-electron chi connectivity index (χ1n) is 7.35. The molecule has 1 saturated carbocycles. The van der Waals surface area contributed by atoms with Crippen molar-refractivity contribution in [1.82, 2.24) is 9.62 Å². The van der Waals surface area contributed by atoms with E-state index in [0.717, 1.165) is 31.1 Å². The molecule has 0 spiro atoms. The smallest absolute Gasteiger partial charge is 0.240 e. The predicted octanol–water partition coefficient (Wildman–Crippen LogP) is 1.76. The first kappa shape index (κ1) is 14.0. The second-order valence-corrected chi connectivity index (χ2v) is 7.73. The van der Waals surface area contributed by atoms with E-state index in [4.69, 9.17) is 0 Å². The Bertz CT molecular complexity index is 581. The van der Waals surface area contributed by atoms with Crippen LogP contribution in [-0.4, -0.2) is 39.0 Å². The molecule has 2 aliphatic rings. The topological polar surface area (TPSA) is 49.4 Å². The quantitative estimate of drug-likeness (QED) is 0.900. The van der Waals surface area contributed by atoms with Gasteiger partial charge in [0.2, 0.25) is 10.0 Å². The van der Waals surface area contributed by atoms with Crippen molar-refractivity contribution < 1.29 is 8.42 Å². The number of likely N-dealkylation sites (tertiary alicyclic amines) is 1. The van der Waals surface area contributed by atoms with E-state index < -0.39 is 10.0 Å². The molecule has 4 nitrogen and oxygen atoms in total. The third kappa shape index (κ3) is 3.05. The lowest BCUT2D eigenvalue weighted by Gasteiger charge is -2.15. The van der Waals surface area contributed by atoms with Crippen LogP contribution < -0.4 is 4.72 Å². The minimum absolute atomic E-state index is 0.400. The average Bonchev–Trinajstić information content (AvgIpc) is 3.16. The van der Waals surface area contributed by atoms with Crippen LogP contribution in [0.5, 0.6) is 0 Å². The fourth-order valence-corrected chi connectivity index (χ4v) is 4.32. The third-order valence-corrected chi connectivity index (χ3v) is 5.91. The van der Waals surface area contributed by atoms with Gasteiger partial charge in [-0.25, -0.2) is 13.1 Å². The summed E-state index contributed by atoms with van der Waals surface area (Å²) in [4.78, 5) is 2.91. The number of rotatable bonds is 5. The SMILES string of the molecule is Cc1ccccc1S(=O)(=O)NCC1CCN(C2CC2)C1. The molecule has 0 radical (unpaired) electrons. The summed E-state index contributed by atoms with van der Waals surface area (Å²) in [5.74, 6) is 0.453. The van der Waals surface area contributed by atoms with Crippen molar-refractivity contribution in [1.29, 1.82) is 0 Å². The van der Waals surface area contributed by atoms with Gasteiger partial charge in [-0.3, -0.25) is 0 Å². The molecule has 1 heterocycles. The van der Waals surface area contributed by atoms with Gasteiger partial charge in [0.15, 0.2) is 0 Å².